The lowest BCUT2D eigenvalue weighted by molar-refractivity contribution is 0.0697. The van der Waals surface area contributed by atoms with Gasteiger partial charge in [-0.1, -0.05) is 17.7 Å². The van der Waals surface area contributed by atoms with Crippen LogP contribution in [0.5, 0.6) is 0 Å². The molecule has 0 fully saturated rings. The van der Waals surface area contributed by atoms with E-state index in [0.29, 0.717) is 12.4 Å². The van der Waals surface area contributed by atoms with Gasteiger partial charge in [0.2, 0.25) is 0 Å². The summed E-state index contributed by atoms with van der Waals surface area (Å²) in [4.78, 5) is 17.0. The van der Waals surface area contributed by atoms with Crippen LogP contribution < -0.4 is 4.90 Å². The van der Waals surface area contributed by atoms with E-state index in [9.17, 15) is 9.18 Å². The highest BCUT2D eigenvalue weighted by atomic mass is 35.5. The molecule has 0 amide bonds. The smallest absolute Gasteiger partial charge is 0.337 e. The number of halogens is 2. The topological polar surface area (TPSA) is 53.4 Å². The maximum Gasteiger partial charge on any atom is 0.337 e. The number of rotatable bonds is 2. The first-order valence-electron chi connectivity index (χ1n) is 6.01. The Labute approximate surface area is 119 Å². The minimum atomic E-state index is -1.11. The van der Waals surface area contributed by atoms with Gasteiger partial charge in [0.1, 0.15) is 11.6 Å². The minimum Gasteiger partial charge on any atom is -0.478 e. The van der Waals surface area contributed by atoms with Crippen molar-refractivity contribution in [2.75, 3.05) is 11.4 Å². The number of hydrogen-bond acceptors (Lipinski definition) is 3. The van der Waals surface area contributed by atoms with Gasteiger partial charge in [-0.25, -0.2) is 14.2 Å². The van der Waals surface area contributed by atoms with E-state index in [-0.39, 0.29) is 16.4 Å². The van der Waals surface area contributed by atoms with Gasteiger partial charge in [-0.15, -0.1) is 0 Å². The van der Waals surface area contributed by atoms with Gasteiger partial charge in [0.05, 0.1) is 10.6 Å². The molecule has 102 valence electrons. The number of pyridine rings is 1. The number of anilines is 2. The second kappa shape index (κ2) is 4.76. The Morgan fingerprint density at radius 3 is 2.95 bits per heavy atom. The molecular weight excluding hydrogens is 283 g/mol. The molecule has 0 atom stereocenters. The number of hydrogen-bond donors (Lipinski definition) is 1. The zero-order chi connectivity index (χ0) is 14.3. The van der Waals surface area contributed by atoms with Gasteiger partial charge in [-0.3, -0.25) is 0 Å². The summed E-state index contributed by atoms with van der Waals surface area (Å²) in [5, 5.41) is 9.16. The van der Waals surface area contributed by atoms with E-state index in [4.69, 9.17) is 16.7 Å². The highest BCUT2D eigenvalue weighted by Gasteiger charge is 2.23. The number of benzene rings is 1. The summed E-state index contributed by atoms with van der Waals surface area (Å²) < 4.78 is 13.4. The van der Waals surface area contributed by atoms with Crippen molar-refractivity contribution in [2.24, 2.45) is 0 Å². The maximum atomic E-state index is 13.4. The molecule has 0 bridgehead atoms. The van der Waals surface area contributed by atoms with Crippen LogP contribution in [0.25, 0.3) is 0 Å². The zero-order valence-corrected chi connectivity index (χ0v) is 11.1. The molecule has 0 aliphatic carbocycles. The largest absolute Gasteiger partial charge is 0.478 e. The van der Waals surface area contributed by atoms with Gasteiger partial charge >= 0.3 is 5.97 Å². The summed E-state index contributed by atoms with van der Waals surface area (Å²) in [6.07, 6.45) is 2.07. The number of aromatic carboxylic acids is 1. The summed E-state index contributed by atoms with van der Waals surface area (Å²) in [5.74, 6) is -0.989. The van der Waals surface area contributed by atoms with Crippen molar-refractivity contribution >= 4 is 29.1 Å². The molecule has 1 aliphatic rings. The second-order valence-corrected chi connectivity index (χ2v) is 4.91. The Hall–Kier alpha value is -2.14. The van der Waals surface area contributed by atoms with Gasteiger partial charge < -0.3 is 10.0 Å². The van der Waals surface area contributed by atoms with Gasteiger partial charge in [0.25, 0.3) is 0 Å². The monoisotopic (exact) mass is 292 g/mol. The Balaban J connectivity index is 2.06. The molecule has 3 rings (SSSR count). The summed E-state index contributed by atoms with van der Waals surface area (Å²) in [6.45, 7) is 0.631. The maximum absolute atomic E-state index is 13.4. The van der Waals surface area contributed by atoms with Crippen LogP contribution in [0.4, 0.5) is 15.9 Å². The van der Waals surface area contributed by atoms with E-state index >= 15 is 0 Å². The van der Waals surface area contributed by atoms with Crippen molar-refractivity contribution < 1.29 is 14.3 Å². The molecule has 0 saturated carbocycles. The molecule has 1 aromatic carbocycles. The Morgan fingerprint density at radius 1 is 1.40 bits per heavy atom. The Bertz CT molecular complexity index is 706. The molecule has 4 nitrogen and oxygen atoms in total. The molecule has 2 heterocycles. The van der Waals surface area contributed by atoms with Crippen LogP contribution in [0.1, 0.15) is 15.9 Å². The fourth-order valence-electron chi connectivity index (χ4n) is 2.33. The van der Waals surface area contributed by atoms with Crippen LogP contribution >= 0.6 is 11.6 Å². The molecule has 2 aromatic rings. The molecule has 0 spiro atoms. The predicted molar refractivity (Wildman–Crippen MR) is 73.3 cm³/mol. The molecule has 6 heteroatoms. The number of aromatic nitrogens is 1. The normalized spacial score (nSPS) is 13.4. The lowest BCUT2D eigenvalue weighted by Crippen LogP contribution is -2.15. The van der Waals surface area contributed by atoms with Gasteiger partial charge in [-0.05, 0) is 30.2 Å². The number of carboxylic acids is 1. The SMILES string of the molecule is O=C(O)c1cc(N2CCc3ccc(F)cc32)ncc1Cl. The van der Waals surface area contributed by atoms with E-state index in [1.54, 1.807) is 11.0 Å². The van der Waals surface area contributed by atoms with Crippen LogP contribution in [0.15, 0.2) is 30.5 Å². The number of carbonyl (C=O) groups is 1. The summed E-state index contributed by atoms with van der Waals surface area (Å²) in [6, 6.07) is 5.99. The highest BCUT2D eigenvalue weighted by molar-refractivity contribution is 6.33. The molecule has 0 saturated heterocycles. The van der Waals surface area contributed by atoms with Crippen molar-refractivity contribution in [1.82, 2.24) is 4.98 Å². The van der Waals surface area contributed by atoms with Gasteiger partial charge in [0.15, 0.2) is 0 Å². The van der Waals surface area contributed by atoms with E-state index in [2.05, 4.69) is 4.98 Å². The molecular formula is C14H10ClFN2O2. The summed E-state index contributed by atoms with van der Waals surface area (Å²) in [5.41, 5.74) is 1.72. The standard InChI is InChI=1S/C14H10ClFN2O2/c15-11-7-17-13(6-10(11)14(19)20)18-4-3-8-1-2-9(16)5-12(8)18/h1-2,5-7H,3-4H2,(H,19,20). The van der Waals surface area contributed by atoms with Crippen molar-refractivity contribution in [3.63, 3.8) is 0 Å². The first-order chi connectivity index (χ1) is 9.56. The van der Waals surface area contributed by atoms with E-state index in [0.717, 1.165) is 17.7 Å². The predicted octanol–water partition coefficient (Wildman–Crippen LogP) is 3.27. The summed E-state index contributed by atoms with van der Waals surface area (Å²) >= 11 is 5.80. The van der Waals surface area contributed by atoms with Gasteiger partial charge in [0, 0.05) is 18.4 Å². The third-order valence-corrected chi connectivity index (χ3v) is 3.59. The molecule has 0 radical (unpaired) electrons. The van der Waals surface area contributed by atoms with Crippen LogP contribution in [-0.4, -0.2) is 22.6 Å². The average molecular weight is 293 g/mol. The number of carboxylic acid groups (broad SMARTS) is 1. The van der Waals surface area contributed by atoms with Crippen molar-refractivity contribution in [2.45, 2.75) is 6.42 Å². The fraction of sp³-hybridized carbons (Fsp3) is 0.143. The quantitative estimate of drug-likeness (QED) is 0.923. The van der Waals surface area contributed by atoms with Crippen LogP contribution in [0.2, 0.25) is 5.02 Å². The molecule has 1 aliphatic heterocycles. The number of fused-ring (bicyclic) bond motifs is 1. The number of nitrogens with zero attached hydrogens (tertiary/aromatic N) is 2. The molecule has 1 aromatic heterocycles. The lowest BCUT2D eigenvalue weighted by atomic mass is 10.1. The average Bonchev–Trinajstić information content (AvgIpc) is 2.82. The second-order valence-electron chi connectivity index (χ2n) is 4.50. The molecule has 1 N–H and O–H groups in total. The minimum absolute atomic E-state index is 0.0125. The van der Waals surface area contributed by atoms with Crippen molar-refractivity contribution in [3.8, 4) is 0 Å². The van der Waals surface area contributed by atoms with Crippen LogP contribution in [-0.2, 0) is 6.42 Å². The molecule has 0 unspecified atom stereocenters. The Kier molecular flexibility index (Phi) is 3.06. The van der Waals surface area contributed by atoms with Crippen LogP contribution in [0.3, 0.4) is 0 Å². The first-order valence-corrected chi connectivity index (χ1v) is 6.39. The highest BCUT2D eigenvalue weighted by Crippen LogP contribution is 2.35. The van der Waals surface area contributed by atoms with E-state index in [1.807, 2.05) is 0 Å². The Morgan fingerprint density at radius 2 is 2.20 bits per heavy atom. The van der Waals surface area contributed by atoms with Crippen molar-refractivity contribution in [1.29, 1.82) is 0 Å². The molecule has 20 heavy (non-hydrogen) atoms. The first kappa shape index (κ1) is 12.9. The third-order valence-electron chi connectivity index (χ3n) is 3.29. The van der Waals surface area contributed by atoms with E-state index in [1.165, 1.54) is 24.4 Å². The van der Waals surface area contributed by atoms with E-state index < -0.39 is 5.97 Å². The fourth-order valence-corrected chi connectivity index (χ4v) is 2.51. The third kappa shape index (κ3) is 2.10. The van der Waals surface area contributed by atoms with Crippen molar-refractivity contribution in [3.05, 3.63) is 52.4 Å². The van der Waals surface area contributed by atoms with Crippen LogP contribution in [0, 0.1) is 5.82 Å². The summed E-state index contributed by atoms with van der Waals surface area (Å²) in [7, 11) is 0. The van der Waals surface area contributed by atoms with Gasteiger partial charge in [-0.2, -0.15) is 0 Å². The lowest BCUT2D eigenvalue weighted by Gasteiger charge is -2.19. The zero-order valence-electron chi connectivity index (χ0n) is 10.3.